The number of ether oxygens (including phenoxy) is 1. The Morgan fingerprint density at radius 1 is 1.19 bits per heavy atom. The molecule has 3 aromatic rings. The molecule has 0 radical (unpaired) electrons. The highest BCUT2D eigenvalue weighted by molar-refractivity contribution is 7.99. The summed E-state index contributed by atoms with van der Waals surface area (Å²) in [7, 11) is 0. The summed E-state index contributed by atoms with van der Waals surface area (Å²) in [5, 5.41) is 12.0. The number of hydrogen-bond acceptors (Lipinski definition) is 6. The lowest BCUT2D eigenvalue weighted by Gasteiger charge is -2.06. The van der Waals surface area contributed by atoms with Crippen molar-refractivity contribution in [2.75, 3.05) is 23.5 Å². The molecule has 0 fully saturated rings. The number of halogens is 1. The van der Waals surface area contributed by atoms with Gasteiger partial charge in [-0.2, -0.15) is 0 Å². The normalized spacial score (nSPS) is 10.6. The summed E-state index contributed by atoms with van der Waals surface area (Å²) in [5.74, 6) is 7.35. The van der Waals surface area contributed by atoms with Crippen LogP contribution in [0.1, 0.15) is 6.92 Å². The van der Waals surface area contributed by atoms with Crippen LogP contribution in [0.5, 0.6) is 5.75 Å². The van der Waals surface area contributed by atoms with E-state index in [1.165, 1.54) is 16.4 Å². The van der Waals surface area contributed by atoms with Gasteiger partial charge in [-0.25, -0.2) is 4.68 Å². The molecule has 140 valence electrons. The monoisotopic (exact) mass is 403 g/mol. The Bertz CT molecular complexity index is 913. The number of carbonyl (C=O) groups is 1. The molecule has 3 rings (SSSR count). The highest BCUT2D eigenvalue weighted by atomic mass is 35.5. The number of nitrogen functional groups attached to an aromatic ring is 1. The molecule has 0 bridgehead atoms. The summed E-state index contributed by atoms with van der Waals surface area (Å²) in [6.45, 7) is 2.53. The maximum atomic E-state index is 12.1. The van der Waals surface area contributed by atoms with E-state index in [1.807, 2.05) is 31.2 Å². The molecule has 0 unspecified atom stereocenters. The van der Waals surface area contributed by atoms with Crippen molar-refractivity contribution in [2.45, 2.75) is 12.1 Å². The van der Waals surface area contributed by atoms with E-state index in [9.17, 15) is 4.79 Å². The molecule has 2 aromatic carbocycles. The zero-order chi connectivity index (χ0) is 19.2. The molecule has 1 heterocycles. The third-order valence-corrected chi connectivity index (χ3v) is 4.74. The van der Waals surface area contributed by atoms with E-state index in [-0.39, 0.29) is 11.7 Å². The van der Waals surface area contributed by atoms with Crippen LogP contribution in [0.4, 0.5) is 5.69 Å². The highest BCUT2D eigenvalue weighted by Gasteiger charge is 2.14. The zero-order valence-electron chi connectivity index (χ0n) is 14.6. The molecule has 1 amide bonds. The number of anilines is 1. The number of thioether (sulfide) groups is 1. The van der Waals surface area contributed by atoms with Crippen LogP contribution in [0.15, 0.2) is 53.7 Å². The maximum absolute atomic E-state index is 12.1. The third kappa shape index (κ3) is 4.93. The smallest absolute Gasteiger partial charge is 0.234 e. The Kier molecular flexibility index (Phi) is 6.20. The van der Waals surface area contributed by atoms with Gasteiger partial charge in [-0.1, -0.05) is 23.4 Å². The first-order valence-corrected chi connectivity index (χ1v) is 9.55. The first kappa shape index (κ1) is 19.1. The van der Waals surface area contributed by atoms with Crippen molar-refractivity contribution in [1.29, 1.82) is 0 Å². The molecule has 0 saturated carbocycles. The van der Waals surface area contributed by atoms with Gasteiger partial charge in [-0.15, -0.1) is 10.2 Å². The van der Waals surface area contributed by atoms with Crippen LogP contribution in [0.2, 0.25) is 5.02 Å². The molecular formula is C18H18ClN5O2S. The lowest BCUT2D eigenvalue weighted by atomic mass is 10.2. The Morgan fingerprint density at radius 2 is 1.89 bits per heavy atom. The third-order valence-electron chi connectivity index (χ3n) is 3.55. The van der Waals surface area contributed by atoms with Gasteiger partial charge in [0, 0.05) is 16.3 Å². The lowest BCUT2D eigenvalue weighted by molar-refractivity contribution is -0.113. The van der Waals surface area contributed by atoms with Crippen LogP contribution < -0.4 is 15.9 Å². The van der Waals surface area contributed by atoms with Crippen molar-refractivity contribution in [3.63, 3.8) is 0 Å². The molecule has 7 nitrogen and oxygen atoms in total. The van der Waals surface area contributed by atoms with Crippen LogP contribution in [-0.2, 0) is 4.79 Å². The fourth-order valence-corrected chi connectivity index (χ4v) is 3.08. The number of carbonyl (C=O) groups excluding carboxylic acids is 1. The summed E-state index contributed by atoms with van der Waals surface area (Å²) in [4.78, 5) is 12.1. The number of benzene rings is 2. The summed E-state index contributed by atoms with van der Waals surface area (Å²) < 4.78 is 6.79. The average Bonchev–Trinajstić information content (AvgIpc) is 3.03. The quantitative estimate of drug-likeness (QED) is 0.463. The predicted octanol–water partition coefficient (Wildman–Crippen LogP) is 3.44. The van der Waals surface area contributed by atoms with Gasteiger partial charge in [0.05, 0.1) is 12.4 Å². The van der Waals surface area contributed by atoms with E-state index >= 15 is 0 Å². The zero-order valence-corrected chi connectivity index (χ0v) is 16.1. The van der Waals surface area contributed by atoms with Crippen LogP contribution >= 0.6 is 23.4 Å². The second kappa shape index (κ2) is 8.79. The van der Waals surface area contributed by atoms with Crippen molar-refractivity contribution in [3.05, 3.63) is 53.6 Å². The fraction of sp³-hybridized carbons (Fsp3) is 0.167. The van der Waals surface area contributed by atoms with Gasteiger partial charge in [-0.05, 0) is 55.5 Å². The molecule has 0 saturated heterocycles. The van der Waals surface area contributed by atoms with Gasteiger partial charge in [0.15, 0.2) is 5.82 Å². The Hall–Kier alpha value is -2.71. The second-order valence-electron chi connectivity index (χ2n) is 5.48. The van der Waals surface area contributed by atoms with Gasteiger partial charge in [0.2, 0.25) is 11.1 Å². The first-order valence-electron chi connectivity index (χ1n) is 8.18. The molecule has 3 N–H and O–H groups in total. The second-order valence-corrected chi connectivity index (χ2v) is 6.86. The molecular weight excluding hydrogens is 386 g/mol. The van der Waals surface area contributed by atoms with Crippen molar-refractivity contribution in [2.24, 2.45) is 0 Å². The highest BCUT2D eigenvalue weighted by Crippen LogP contribution is 2.24. The Morgan fingerprint density at radius 3 is 2.56 bits per heavy atom. The molecule has 0 aliphatic carbocycles. The largest absolute Gasteiger partial charge is 0.494 e. The van der Waals surface area contributed by atoms with E-state index in [1.54, 1.807) is 24.3 Å². The number of aromatic nitrogens is 3. The minimum absolute atomic E-state index is 0.154. The Labute approximate surface area is 165 Å². The number of nitrogens with two attached hydrogens (primary N) is 1. The molecule has 0 atom stereocenters. The maximum Gasteiger partial charge on any atom is 0.234 e. The number of hydrogen-bond donors (Lipinski definition) is 2. The average molecular weight is 404 g/mol. The van der Waals surface area contributed by atoms with Crippen molar-refractivity contribution in [1.82, 2.24) is 14.9 Å². The topological polar surface area (TPSA) is 95.1 Å². The minimum Gasteiger partial charge on any atom is -0.494 e. The molecule has 0 spiro atoms. The van der Waals surface area contributed by atoms with Crippen molar-refractivity contribution >= 4 is 35.0 Å². The van der Waals surface area contributed by atoms with E-state index in [0.717, 1.165) is 11.3 Å². The summed E-state index contributed by atoms with van der Waals surface area (Å²) in [6, 6.07) is 14.3. The molecule has 9 heteroatoms. The van der Waals surface area contributed by atoms with E-state index in [2.05, 4.69) is 15.5 Å². The van der Waals surface area contributed by atoms with Crippen molar-refractivity contribution in [3.8, 4) is 17.1 Å². The molecule has 0 aliphatic heterocycles. The summed E-state index contributed by atoms with van der Waals surface area (Å²) >= 11 is 7.03. The van der Waals surface area contributed by atoms with Crippen LogP contribution in [0.3, 0.4) is 0 Å². The molecule has 0 aliphatic rings. The summed E-state index contributed by atoms with van der Waals surface area (Å²) in [6.07, 6.45) is 0. The van der Waals surface area contributed by atoms with Crippen LogP contribution in [0.25, 0.3) is 11.4 Å². The number of amides is 1. The fourth-order valence-electron chi connectivity index (χ4n) is 2.30. The standard InChI is InChI=1S/C18H18ClN5O2S/c1-2-26-15-9-3-12(4-10-15)17-22-23-18(24(17)20)27-11-16(25)21-14-7-5-13(19)6-8-14/h3-10H,2,11,20H2,1H3,(H,21,25). The SMILES string of the molecule is CCOc1ccc(-c2nnc(SCC(=O)Nc3ccc(Cl)cc3)n2N)cc1. The predicted molar refractivity (Wildman–Crippen MR) is 108 cm³/mol. The van der Waals surface area contributed by atoms with Gasteiger partial charge in [-0.3, -0.25) is 4.79 Å². The molecule has 27 heavy (non-hydrogen) atoms. The minimum atomic E-state index is -0.173. The van der Waals surface area contributed by atoms with Gasteiger partial charge in [0.1, 0.15) is 5.75 Å². The van der Waals surface area contributed by atoms with E-state index < -0.39 is 0 Å². The number of nitrogens with one attached hydrogen (secondary N) is 1. The number of nitrogens with zero attached hydrogens (tertiary/aromatic N) is 3. The van der Waals surface area contributed by atoms with Gasteiger partial charge in [0.25, 0.3) is 0 Å². The van der Waals surface area contributed by atoms with Crippen LogP contribution in [-0.4, -0.2) is 33.1 Å². The van der Waals surface area contributed by atoms with E-state index in [4.69, 9.17) is 22.2 Å². The van der Waals surface area contributed by atoms with Crippen LogP contribution in [0, 0.1) is 0 Å². The van der Waals surface area contributed by atoms with E-state index in [0.29, 0.717) is 28.3 Å². The van der Waals surface area contributed by atoms with Gasteiger partial charge < -0.3 is 15.9 Å². The first-order chi connectivity index (χ1) is 13.1. The molecule has 1 aromatic heterocycles. The lowest BCUT2D eigenvalue weighted by Crippen LogP contribution is -2.16. The Balaban J connectivity index is 1.61. The van der Waals surface area contributed by atoms with Crippen molar-refractivity contribution < 1.29 is 9.53 Å². The number of rotatable bonds is 7. The van der Waals surface area contributed by atoms with Gasteiger partial charge >= 0.3 is 0 Å². The summed E-state index contributed by atoms with van der Waals surface area (Å²) in [5.41, 5.74) is 1.49.